The highest BCUT2D eigenvalue weighted by Crippen LogP contribution is 2.27. The Kier molecular flexibility index (Phi) is 4.11. The number of para-hydroxylation sites is 2. The van der Waals surface area contributed by atoms with E-state index in [0.29, 0.717) is 33.7 Å². The number of benzene rings is 2. The molecule has 0 fully saturated rings. The molecule has 26 heavy (non-hydrogen) atoms. The first-order valence-electron chi connectivity index (χ1n) is 8.04. The van der Waals surface area contributed by atoms with Gasteiger partial charge in [-0.1, -0.05) is 12.1 Å². The van der Waals surface area contributed by atoms with E-state index in [2.05, 4.69) is 4.98 Å². The van der Waals surface area contributed by atoms with Crippen LogP contribution in [0.5, 0.6) is 5.75 Å². The molecular weight excluding hydrogens is 330 g/mol. The summed E-state index contributed by atoms with van der Waals surface area (Å²) in [5.74, 6) is 1.27. The molecule has 0 atom stereocenters. The zero-order chi connectivity index (χ0) is 17.9. The van der Waals surface area contributed by atoms with Crippen LogP contribution < -0.4 is 4.74 Å². The van der Waals surface area contributed by atoms with Crippen LogP contribution in [-0.4, -0.2) is 17.9 Å². The standard InChI is InChI=1S/C21H15NO4/c1-24-15-10-8-14(9-11-15)20(23)17(13-16-5-4-12-25-16)21-22-18-6-2-3-7-19(18)26-21/h2-13H,1H3. The number of fused-ring (bicyclic) bond motifs is 1. The molecule has 0 spiro atoms. The lowest BCUT2D eigenvalue weighted by Crippen LogP contribution is -2.03. The minimum atomic E-state index is -0.212. The maximum absolute atomic E-state index is 13.1. The van der Waals surface area contributed by atoms with Gasteiger partial charge in [-0.15, -0.1) is 0 Å². The molecular formula is C21H15NO4. The van der Waals surface area contributed by atoms with Gasteiger partial charge in [-0.3, -0.25) is 4.79 Å². The van der Waals surface area contributed by atoms with E-state index in [-0.39, 0.29) is 11.7 Å². The molecule has 0 saturated heterocycles. The van der Waals surface area contributed by atoms with E-state index in [1.807, 2.05) is 24.3 Å². The lowest BCUT2D eigenvalue weighted by Gasteiger charge is -2.04. The van der Waals surface area contributed by atoms with Crippen molar-refractivity contribution in [3.63, 3.8) is 0 Å². The predicted molar refractivity (Wildman–Crippen MR) is 97.9 cm³/mol. The maximum Gasteiger partial charge on any atom is 0.231 e. The highest BCUT2D eigenvalue weighted by Gasteiger charge is 2.20. The first kappa shape index (κ1) is 15.9. The van der Waals surface area contributed by atoms with Crippen molar-refractivity contribution in [1.82, 2.24) is 4.98 Å². The van der Waals surface area contributed by atoms with Gasteiger partial charge < -0.3 is 13.6 Å². The molecule has 4 aromatic rings. The van der Waals surface area contributed by atoms with Crippen molar-refractivity contribution in [1.29, 1.82) is 0 Å². The van der Waals surface area contributed by atoms with E-state index in [1.54, 1.807) is 55.8 Å². The molecule has 0 bridgehead atoms. The summed E-state index contributed by atoms with van der Waals surface area (Å²) in [5.41, 5.74) is 2.14. The average Bonchev–Trinajstić information content (AvgIpc) is 3.34. The molecule has 0 radical (unpaired) electrons. The minimum absolute atomic E-state index is 0.212. The Morgan fingerprint density at radius 2 is 1.85 bits per heavy atom. The molecule has 5 heteroatoms. The van der Waals surface area contributed by atoms with Crippen molar-refractivity contribution >= 4 is 28.5 Å². The van der Waals surface area contributed by atoms with Crippen LogP contribution in [0.2, 0.25) is 0 Å². The van der Waals surface area contributed by atoms with Gasteiger partial charge >= 0.3 is 0 Å². The third kappa shape index (κ3) is 3.02. The fourth-order valence-corrected chi connectivity index (χ4v) is 2.63. The number of carbonyl (C=O) groups excluding carboxylic acids is 1. The number of furan rings is 1. The monoisotopic (exact) mass is 345 g/mol. The lowest BCUT2D eigenvalue weighted by atomic mass is 10.0. The Morgan fingerprint density at radius 1 is 1.04 bits per heavy atom. The van der Waals surface area contributed by atoms with Gasteiger partial charge in [-0.05, 0) is 54.6 Å². The van der Waals surface area contributed by atoms with Crippen LogP contribution in [0.4, 0.5) is 0 Å². The maximum atomic E-state index is 13.1. The molecule has 2 aromatic carbocycles. The van der Waals surface area contributed by atoms with Crippen molar-refractivity contribution in [2.75, 3.05) is 7.11 Å². The summed E-state index contributed by atoms with van der Waals surface area (Å²) in [6.07, 6.45) is 3.19. The Labute approximate surface area is 149 Å². The molecule has 0 aliphatic carbocycles. The van der Waals surface area contributed by atoms with Gasteiger partial charge in [0, 0.05) is 5.56 Å². The number of oxazole rings is 1. The largest absolute Gasteiger partial charge is 0.497 e. The van der Waals surface area contributed by atoms with Gasteiger partial charge in [-0.25, -0.2) is 4.98 Å². The van der Waals surface area contributed by atoms with Crippen molar-refractivity contribution in [2.24, 2.45) is 0 Å². The summed E-state index contributed by atoms with van der Waals surface area (Å²) in [6, 6.07) is 17.8. The number of ether oxygens (including phenoxy) is 1. The number of Topliss-reactive ketones (excluding diaryl/α,β-unsaturated/α-hetero) is 1. The molecule has 0 unspecified atom stereocenters. The number of allylic oxidation sites excluding steroid dienone is 1. The zero-order valence-corrected chi connectivity index (χ0v) is 14.0. The molecule has 2 heterocycles. The van der Waals surface area contributed by atoms with E-state index in [0.717, 1.165) is 0 Å². The van der Waals surface area contributed by atoms with Gasteiger partial charge in [0.25, 0.3) is 0 Å². The van der Waals surface area contributed by atoms with Crippen LogP contribution in [-0.2, 0) is 0 Å². The normalized spacial score (nSPS) is 11.7. The molecule has 2 aromatic heterocycles. The van der Waals surface area contributed by atoms with Gasteiger partial charge in [0.05, 0.1) is 18.9 Å². The summed E-state index contributed by atoms with van der Waals surface area (Å²) < 4.78 is 16.3. The van der Waals surface area contributed by atoms with Crippen LogP contribution in [0, 0.1) is 0 Å². The molecule has 0 saturated carbocycles. The van der Waals surface area contributed by atoms with Crippen LogP contribution >= 0.6 is 0 Å². The summed E-state index contributed by atoms with van der Waals surface area (Å²) in [7, 11) is 1.58. The first-order chi connectivity index (χ1) is 12.7. The number of nitrogens with zero attached hydrogens (tertiary/aromatic N) is 1. The van der Waals surface area contributed by atoms with E-state index in [4.69, 9.17) is 13.6 Å². The second-order valence-electron chi connectivity index (χ2n) is 5.62. The van der Waals surface area contributed by atoms with E-state index < -0.39 is 0 Å². The number of hydrogen-bond acceptors (Lipinski definition) is 5. The Balaban J connectivity index is 1.81. The molecule has 128 valence electrons. The molecule has 4 rings (SSSR count). The van der Waals surface area contributed by atoms with Gasteiger partial charge in [0.1, 0.15) is 17.0 Å². The van der Waals surface area contributed by atoms with Crippen molar-refractivity contribution in [3.05, 3.63) is 84.1 Å². The van der Waals surface area contributed by atoms with E-state index >= 15 is 0 Å². The minimum Gasteiger partial charge on any atom is -0.497 e. The number of ketones is 1. The smallest absolute Gasteiger partial charge is 0.231 e. The lowest BCUT2D eigenvalue weighted by molar-refractivity contribution is 0.105. The third-order valence-electron chi connectivity index (χ3n) is 3.95. The highest BCUT2D eigenvalue weighted by molar-refractivity contribution is 6.31. The van der Waals surface area contributed by atoms with Gasteiger partial charge in [-0.2, -0.15) is 0 Å². The van der Waals surface area contributed by atoms with Gasteiger partial charge in [0.15, 0.2) is 11.4 Å². The van der Waals surface area contributed by atoms with Crippen molar-refractivity contribution < 1.29 is 18.4 Å². The number of aromatic nitrogens is 1. The van der Waals surface area contributed by atoms with E-state index in [9.17, 15) is 4.79 Å². The second-order valence-corrected chi connectivity index (χ2v) is 5.62. The number of methoxy groups -OCH3 is 1. The Hall–Kier alpha value is -3.60. The fourth-order valence-electron chi connectivity index (χ4n) is 2.63. The predicted octanol–water partition coefficient (Wildman–Crippen LogP) is 4.85. The summed E-state index contributed by atoms with van der Waals surface area (Å²) in [5, 5.41) is 0. The molecule has 0 amide bonds. The number of hydrogen-bond donors (Lipinski definition) is 0. The topological polar surface area (TPSA) is 65.5 Å². The van der Waals surface area contributed by atoms with Crippen LogP contribution in [0.3, 0.4) is 0 Å². The summed E-state index contributed by atoms with van der Waals surface area (Å²) in [6.45, 7) is 0. The van der Waals surface area contributed by atoms with Crippen LogP contribution in [0.1, 0.15) is 22.0 Å². The van der Waals surface area contributed by atoms with Crippen LogP contribution in [0.25, 0.3) is 22.7 Å². The zero-order valence-electron chi connectivity index (χ0n) is 14.0. The second kappa shape index (κ2) is 6.72. The summed E-state index contributed by atoms with van der Waals surface area (Å²) in [4.78, 5) is 17.5. The molecule has 0 aliphatic rings. The average molecular weight is 345 g/mol. The number of rotatable bonds is 5. The summed E-state index contributed by atoms with van der Waals surface area (Å²) >= 11 is 0. The highest BCUT2D eigenvalue weighted by atomic mass is 16.5. The SMILES string of the molecule is COc1ccc(C(=O)C(=Cc2ccco2)c2nc3ccccc3o2)cc1. The quantitative estimate of drug-likeness (QED) is 0.382. The van der Waals surface area contributed by atoms with E-state index in [1.165, 1.54) is 0 Å². The van der Waals surface area contributed by atoms with Crippen molar-refractivity contribution in [2.45, 2.75) is 0 Å². The first-order valence-corrected chi connectivity index (χ1v) is 8.04. The van der Waals surface area contributed by atoms with Crippen LogP contribution in [0.15, 0.2) is 75.8 Å². The molecule has 0 aliphatic heterocycles. The fraction of sp³-hybridized carbons (Fsp3) is 0.0476. The van der Waals surface area contributed by atoms with Crippen molar-refractivity contribution in [3.8, 4) is 5.75 Å². The Morgan fingerprint density at radius 3 is 2.54 bits per heavy atom. The third-order valence-corrected chi connectivity index (χ3v) is 3.95. The molecule has 5 nitrogen and oxygen atoms in total. The number of carbonyl (C=O) groups is 1. The van der Waals surface area contributed by atoms with Gasteiger partial charge in [0.2, 0.25) is 5.89 Å². The molecule has 0 N–H and O–H groups in total. The Bertz CT molecular complexity index is 1040.